The lowest BCUT2D eigenvalue weighted by Gasteiger charge is -2.31. The van der Waals surface area contributed by atoms with E-state index in [1.807, 2.05) is 13.8 Å². The number of carbonyl (C=O) groups is 3. The van der Waals surface area contributed by atoms with Gasteiger partial charge in [-0.05, 0) is 36.0 Å². The first-order valence-corrected chi connectivity index (χ1v) is 13.9. The summed E-state index contributed by atoms with van der Waals surface area (Å²) in [5.74, 6) is -2.25. The van der Waals surface area contributed by atoms with E-state index in [4.69, 9.17) is 5.73 Å². The first-order valence-electron chi connectivity index (χ1n) is 10.8. The van der Waals surface area contributed by atoms with Gasteiger partial charge in [-0.25, -0.2) is 14.5 Å². The molecule has 0 aliphatic rings. The van der Waals surface area contributed by atoms with E-state index in [2.05, 4.69) is 5.32 Å². The largest absolute Gasteiger partial charge is 0.616 e. The molecule has 0 fully saturated rings. The maximum atomic E-state index is 13.3. The minimum absolute atomic E-state index is 0.0454. The van der Waals surface area contributed by atoms with Crippen molar-refractivity contribution >= 4 is 36.7 Å². The zero-order chi connectivity index (χ0) is 26.1. The van der Waals surface area contributed by atoms with Gasteiger partial charge in [0.25, 0.3) is 0 Å². The van der Waals surface area contributed by atoms with E-state index in [1.165, 1.54) is 0 Å². The van der Waals surface area contributed by atoms with Crippen LogP contribution in [0, 0.1) is 5.92 Å². The number of benzene rings is 1. The molecule has 192 valence electrons. The Morgan fingerprint density at radius 2 is 1.79 bits per heavy atom. The Morgan fingerprint density at radius 1 is 1.21 bits per heavy atom. The standard InChI is InChI=1S/C21H34N3O8PS/c1-4-34(32)18(33(29,30)31)10-11-23-16(12-14(2)3)19(25)24(21(22)28)17(20(26)27)13-15-8-6-5-7-9-15/h5-9,14,16-18,23H,4,10-13H2,1-3H3,(H2,22,28)(H,26,27)(H2,29,30,31)/t16-,17-,18?,34?/m0/s1. The molecule has 1 aromatic rings. The van der Waals surface area contributed by atoms with Crippen LogP contribution in [-0.4, -0.2) is 71.6 Å². The first-order chi connectivity index (χ1) is 15.8. The zero-order valence-corrected chi connectivity index (χ0v) is 21.2. The topological polar surface area (TPSA) is 193 Å². The number of nitrogens with one attached hydrogen (secondary N) is 1. The summed E-state index contributed by atoms with van der Waals surface area (Å²) in [5, 5.41) is 12.6. The van der Waals surface area contributed by atoms with Crippen molar-refractivity contribution in [2.24, 2.45) is 11.7 Å². The molecule has 0 saturated carbocycles. The summed E-state index contributed by atoms with van der Waals surface area (Å²) in [6.07, 6.45) is -0.123. The van der Waals surface area contributed by atoms with Gasteiger partial charge in [0.2, 0.25) is 10.9 Å². The van der Waals surface area contributed by atoms with E-state index in [-0.39, 0.29) is 37.5 Å². The van der Waals surface area contributed by atoms with Crippen LogP contribution in [0.5, 0.6) is 0 Å². The maximum absolute atomic E-state index is 13.3. The van der Waals surface area contributed by atoms with Crippen molar-refractivity contribution in [3.05, 3.63) is 35.9 Å². The van der Waals surface area contributed by atoms with Gasteiger partial charge in [0.15, 0.2) is 0 Å². The zero-order valence-electron chi connectivity index (χ0n) is 19.5. The number of nitrogens with zero attached hydrogens (tertiary/aromatic N) is 1. The average Bonchev–Trinajstić information content (AvgIpc) is 2.74. The van der Waals surface area contributed by atoms with Crippen molar-refractivity contribution in [1.29, 1.82) is 0 Å². The molecule has 0 heterocycles. The summed E-state index contributed by atoms with van der Waals surface area (Å²) >= 11 is -1.77. The Bertz CT molecular complexity index is 867. The van der Waals surface area contributed by atoms with Crippen LogP contribution in [0.25, 0.3) is 0 Å². The molecule has 0 aliphatic carbocycles. The molecule has 0 radical (unpaired) electrons. The second-order valence-corrected chi connectivity index (χ2v) is 12.3. The molecule has 6 N–H and O–H groups in total. The molecule has 0 aliphatic heterocycles. The Balaban J connectivity index is 3.12. The normalized spacial score (nSPS) is 15.4. The van der Waals surface area contributed by atoms with Crippen LogP contribution in [-0.2, 0) is 31.8 Å². The van der Waals surface area contributed by atoms with Gasteiger partial charge in [0, 0.05) is 19.4 Å². The Hall–Kier alpha value is -1.95. The quantitative estimate of drug-likeness (QED) is 0.178. The molecule has 1 aromatic carbocycles. The Morgan fingerprint density at radius 3 is 2.24 bits per heavy atom. The number of imide groups is 1. The Kier molecular flexibility index (Phi) is 12.2. The molecule has 0 saturated heterocycles. The Labute approximate surface area is 202 Å². The van der Waals surface area contributed by atoms with Gasteiger partial charge in [0.1, 0.15) is 11.8 Å². The summed E-state index contributed by atoms with van der Waals surface area (Å²) in [4.78, 5) is 55.6. The van der Waals surface area contributed by atoms with Crippen molar-refractivity contribution in [3.63, 3.8) is 0 Å². The lowest BCUT2D eigenvalue weighted by molar-refractivity contribution is -0.148. The number of primary amides is 1. The number of carboxylic acid groups (broad SMARTS) is 1. The number of nitrogens with two attached hydrogens (primary N) is 1. The predicted molar refractivity (Wildman–Crippen MR) is 128 cm³/mol. The lowest BCUT2D eigenvalue weighted by Crippen LogP contribution is -2.58. The second-order valence-electron chi connectivity index (χ2n) is 8.23. The van der Waals surface area contributed by atoms with Gasteiger partial charge in [0.05, 0.1) is 6.04 Å². The van der Waals surface area contributed by atoms with Gasteiger partial charge < -0.3 is 30.5 Å². The van der Waals surface area contributed by atoms with E-state index in [0.717, 1.165) is 0 Å². The lowest BCUT2D eigenvalue weighted by atomic mass is 10.00. The molecule has 34 heavy (non-hydrogen) atoms. The number of hydrogen-bond donors (Lipinski definition) is 5. The summed E-state index contributed by atoms with van der Waals surface area (Å²) in [5.41, 5.74) is 6.01. The van der Waals surface area contributed by atoms with Crippen molar-refractivity contribution < 1.29 is 38.4 Å². The fourth-order valence-corrected chi connectivity index (χ4v) is 6.38. The maximum Gasteiger partial charge on any atom is 0.377 e. The van der Waals surface area contributed by atoms with E-state index in [1.54, 1.807) is 37.3 Å². The van der Waals surface area contributed by atoms with Gasteiger partial charge in [-0.3, -0.25) is 9.36 Å². The minimum atomic E-state index is -4.65. The van der Waals surface area contributed by atoms with Gasteiger partial charge in [-0.15, -0.1) is 0 Å². The fourth-order valence-electron chi connectivity index (χ4n) is 3.48. The van der Waals surface area contributed by atoms with Crippen LogP contribution < -0.4 is 11.1 Å². The van der Waals surface area contributed by atoms with Crippen LogP contribution in [0.4, 0.5) is 4.79 Å². The number of rotatable bonds is 14. The molecular formula is C21H34N3O8PS. The van der Waals surface area contributed by atoms with E-state index >= 15 is 0 Å². The molecular weight excluding hydrogens is 485 g/mol. The monoisotopic (exact) mass is 519 g/mol. The minimum Gasteiger partial charge on any atom is -0.616 e. The molecule has 2 unspecified atom stereocenters. The molecule has 4 atom stereocenters. The van der Waals surface area contributed by atoms with Gasteiger partial charge in [-0.2, -0.15) is 0 Å². The van der Waals surface area contributed by atoms with Crippen LogP contribution in [0.15, 0.2) is 30.3 Å². The van der Waals surface area contributed by atoms with Gasteiger partial charge >= 0.3 is 19.6 Å². The fraction of sp³-hybridized carbons (Fsp3) is 0.571. The third-order valence-corrected chi connectivity index (χ3v) is 9.04. The molecule has 3 amide bonds. The molecule has 11 nitrogen and oxygen atoms in total. The summed E-state index contributed by atoms with van der Waals surface area (Å²) in [7, 11) is -4.65. The highest BCUT2D eigenvalue weighted by atomic mass is 32.2. The second kappa shape index (κ2) is 13.8. The number of urea groups is 1. The first kappa shape index (κ1) is 30.1. The molecule has 0 spiro atoms. The highest BCUT2D eigenvalue weighted by Gasteiger charge is 2.40. The number of carboxylic acids is 1. The molecule has 0 aromatic heterocycles. The van der Waals surface area contributed by atoms with E-state index < -0.39 is 53.8 Å². The number of amides is 3. The summed E-state index contributed by atoms with van der Waals surface area (Å²) in [6, 6.07) is 4.67. The van der Waals surface area contributed by atoms with E-state index in [0.29, 0.717) is 10.5 Å². The summed E-state index contributed by atoms with van der Waals surface area (Å²) in [6.45, 7) is 5.09. The molecule has 0 bridgehead atoms. The van der Waals surface area contributed by atoms with Crippen LogP contribution in [0.3, 0.4) is 0 Å². The molecule has 13 heteroatoms. The average molecular weight is 520 g/mol. The SMILES string of the molecule is CC[S+]([O-])C(CCN[C@@H](CC(C)C)C(=O)N(C(N)=O)[C@@H](Cc1ccccc1)C(=O)O)P(=O)(O)O. The van der Waals surface area contributed by atoms with Gasteiger partial charge in [-0.1, -0.05) is 44.2 Å². The highest BCUT2D eigenvalue weighted by molar-refractivity contribution is 7.98. The molecule has 1 rings (SSSR count). The van der Waals surface area contributed by atoms with E-state index in [9.17, 15) is 38.4 Å². The number of aliphatic carboxylic acids is 1. The third-order valence-electron chi connectivity index (χ3n) is 5.09. The van der Waals surface area contributed by atoms with Crippen molar-refractivity contribution in [2.75, 3.05) is 12.3 Å². The van der Waals surface area contributed by atoms with Crippen LogP contribution >= 0.6 is 7.60 Å². The number of hydrogen-bond acceptors (Lipinski definition) is 6. The van der Waals surface area contributed by atoms with Crippen molar-refractivity contribution in [3.8, 4) is 0 Å². The summed E-state index contributed by atoms with van der Waals surface area (Å²) < 4.78 is 23.8. The number of carbonyl (C=O) groups excluding carboxylic acids is 2. The van der Waals surface area contributed by atoms with Crippen molar-refractivity contribution in [1.82, 2.24) is 10.2 Å². The van der Waals surface area contributed by atoms with Crippen LogP contribution in [0.2, 0.25) is 0 Å². The smallest absolute Gasteiger partial charge is 0.377 e. The third kappa shape index (κ3) is 9.36. The van der Waals surface area contributed by atoms with Crippen LogP contribution in [0.1, 0.15) is 39.2 Å². The van der Waals surface area contributed by atoms with Crippen molar-refractivity contribution in [2.45, 2.75) is 57.1 Å². The predicted octanol–water partition coefficient (Wildman–Crippen LogP) is 1.26. The highest BCUT2D eigenvalue weighted by Crippen LogP contribution is 2.45.